The Morgan fingerprint density at radius 3 is 2.57 bits per heavy atom. The van der Waals surface area contributed by atoms with E-state index in [4.69, 9.17) is 11.6 Å². The second-order valence-electron chi connectivity index (χ2n) is 8.99. The molecule has 2 N–H and O–H groups in total. The Balaban J connectivity index is 1.57. The minimum absolute atomic E-state index is 0.106. The fourth-order valence-electron chi connectivity index (χ4n) is 3.67. The molecule has 0 aliphatic heterocycles. The molecule has 2 amide bonds. The van der Waals surface area contributed by atoms with E-state index >= 15 is 0 Å². The molecule has 2 aromatic carbocycles. The molecule has 0 bridgehead atoms. The van der Waals surface area contributed by atoms with Gasteiger partial charge in [-0.25, -0.2) is 17.1 Å². The summed E-state index contributed by atoms with van der Waals surface area (Å²) in [5, 5.41) is 6.38. The number of nitrogens with zero attached hydrogens (tertiary/aromatic N) is 1. The van der Waals surface area contributed by atoms with E-state index in [2.05, 4.69) is 26.6 Å². The van der Waals surface area contributed by atoms with Gasteiger partial charge in [0, 0.05) is 29.3 Å². The predicted octanol–water partition coefficient (Wildman–Crippen LogP) is 5.43. The van der Waals surface area contributed by atoms with E-state index in [-0.39, 0.29) is 40.7 Å². The van der Waals surface area contributed by atoms with Gasteiger partial charge < -0.3 is 10.6 Å². The lowest BCUT2D eigenvalue weighted by atomic mass is 10.0. The van der Waals surface area contributed by atoms with Crippen LogP contribution in [0.2, 0.25) is 5.02 Å². The highest BCUT2D eigenvalue weighted by Gasteiger charge is 2.25. The first-order valence-electron chi connectivity index (χ1n) is 11.6. The van der Waals surface area contributed by atoms with Crippen molar-refractivity contribution in [2.75, 3.05) is 20.1 Å². The average molecular weight is 633 g/mol. The quantitative estimate of drug-likeness (QED) is 0.276. The Morgan fingerprint density at radius 2 is 1.89 bits per heavy atom. The molecular weight excluding hydrogens is 605 g/mol. The standard InChI is InChI=1S/C25H28BrClFN3O4S2/c1-15(2)11-20(30-25(33)22-13-16-12-17(26)5-7-21(16)36-22)24(32)29-9-4-10-31(3)37(34,35)23-8-6-18(28)14-19(23)27/h5-8,12-15,20H,4,9-11H2,1-3H3,(H,29,32)(H,30,33)/t20-/m0/s1. The minimum Gasteiger partial charge on any atom is -0.354 e. The number of amides is 2. The number of halogens is 3. The van der Waals surface area contributed by atoms with Crippen molar-refractivity contribution in [1.29, 1.82) is 0 Å². The Morgan fingerprint density at radius 1 is 1.16 bits per heavy atom. The maximum absolute atomic E-state index is 13.3. The van der Waals surface area contributed by atoms with E-state index in [1.54, 1.807) is 6.07 Å². The molecule has 0 saturated carbocycles. The van der Waals surface area contributed by atoms with Crippen molar-refractivity contribution in [1.82, 2.24) is 14.9 Å². The summed E-state index contributed by atoms with van der Waals surface area (Å²) in [6, 6.07) is 9.95. The topological polar surface area (TPSA) is 95.6 Å². The van der Waals surface area contributed by atoms with Gasteiger partial charge in [-0.05, 0) is 66.6 Å². The van der Waals surface area contributed by atoms with Gasteiger partial charge in [0.25, 0.3) is 5.91 Å². The number of carbonyl (C=O) groups is 2. The van der Waals surface area contributed by atoms with Gasteiger partial charge in [0.15, 0.2) is 0 Å². The van der Waals surface area contributed by atoms with Gasteiger partial charge >= 0.3 is 0 Å². The Labute approximate surface area is 233 Å². The summed E-state index contributed by atoms with van der Waals surface area (Å²) in [4.78, 5) is 26.1. The van der Waals surface area contributed by atoms with Crippen LogP contribution in [0, 0.1) is 11.7 Å². The van der Waals surface area contributed by atoms with E-state index in [1.807, 2.05) is 32.0 Å². The summed E-state index contributed by atoms with van der Waals surface area (Å²) in [5.41, 5.74) is 0. The minimum atomic E-state index is -3.92. The molecule has 0 saturated heterocycles. The Kier molecular flexibility index (Phi) is 10.1. The van der Waals surface area contributed by atoms with Crippen LogP contribution in [0.3, 0.4) is 0 Å². The number of hydrogen-bond donors (Lipinski definition) is 2. The van der Waals surface area contributed by atoms with Crippen molar-refractivity contribution in [3.05, 3.63) is 62.7 Å². The monoisotopic (exact) mass is 631 g/mol. The third kappa shape index (κ3) is 7.73. The highest BCUT2D eigenvalue weighted by Crippen LogP contribution is 2.28. The smallest absolute Gasteiger partial charge is 0.262 e. The highest BCUT2D eigenvalue weighted by molar-refractivity contribution is 9.10. The number of thiophene rings is 1. The number of benzene rings is 2. The van der Waals surface area contributed by atoms with Crippen LogP contribution < -0.4 is 10.6 Å². The molecule has 0 spiro atoms. The second-order valence-corrected chi connectivity index (χ2v) is 13.4. The summed E-state index contributed by atoms with van der Waals surface area (Å²) in [6.07, 6.45) is 0.777. The molecule has 37 heavy (non-hydrogen) atoms. The molecule has 200 valence electrons. The number of fused-ring (bicyclic) bond motifs is 1. The summed E-state index contributed by atoms with van der Waals surface area (Å²) in [5.74, 6) is -1.12. The maximum atomic E-state index is 13.3. The lowest BCUT2D eigenvalue weighted by Gasteiger charge is -2.21. The van der Waals surface area contributed by atoms with Crippen molar-refractivity contribution >= 4 is 70.8 Å². The molecule has 12 heteroatoms. The van der Waals surface area contributed by atoms with E-state index in [1.165, 1.54) is 18.4 Å². The molecule has 3 rings (SSSR count). The summed E-state index contributed by atoms with van der Waals surface area (Å²) < 4.78 is 41.8. The van der Waals surface area contributed by atoms with Gasteiger partial charge in [0.1, 0.15) is 16.8 Å². The Bertz CT molecular complexity index is 1400. The Hall–Kier alpha value is -2.05. The van der Waals surface area contributed by atoms with Gasteiger partial charge in [0.2, 0.25) is 15.9 Å². The van der Waals surface area contributed by atoms with Gasteiger partial charge in [-0.3, -0.25) is 9.59 Å². The lowest BCUT2D eigenvalue weighted by molar-refractivity contribution is -0.123. The predicted molar refractivity (Wildman–Crippen MR) is 149 cm³/mol. The van der Waals surface area contributed by atoms with Crippen LogP contribution >= 0.6 is 38.9 Å². The third-order valence-corrected chi connectivity index (χ3v) is 9.51. The molecule has 0 aliphatic carbocycles. The highest BCUT2D eigenvalue weighted by atomic mass is 79.9. The molecule has 1 atom stereocenters. The van der Waals surface area contributed by atoms with Crippen LogP contribution in [-0.4, -0.2) is 50.7 Å². The molecule has 0 aliphatic rings. The number of hydrogen-bond acceptors (Lipinski definition) is 5. The van der Waals surface area contributed by atoms with Crippen molar-refractivity contribution < 1.29 is 22.4 Å². The molecule has 3 aromatic rings. The van der Waals surface area contributed by atoms with Crippen LogP contribution in [0.1, 0.15) is 36.4 Å². The average Bonchev–Trinajstić information content (AvgIpc) is 3.24. The summed E-state index contributed by atoms with van der Waals surface area (Å²) >= 11 is 10.7. The molecule has 0 unspecified atom stereocenters. The lowest BCUT2D eigenvalue weighted by Crippen LogP contribution is -2.47. The molecule has 7 nitrogen and oxygen atoms in total. The van der Waals surface area contributed by atoms with Gasteiger partial charge in [0.05, 0.1) is 9.90 Å². The summed E-state index contributed by atoms with van der Waals surface area (Å²) in [7, 11) is -2.53. The van der Waals surface area contributed by atoms with Gasteiger partial charge in [-0.15, -0.1) is 11.3 Å². The molecule has 0 radical (unpaired) electrons. The summed E-state index contributed by atoms with van der Waals surface area (Å²) in [6.45, 7) is 4.24. The van der Waals surface area contributed by atoms with E-state index < -0.39 is 21.9 Å². The number of rotatable bonds is 11. The van der Waals surface area contributed by atoms with Crippen LogP contribution in [0.25, 0.3) is 10.1 Å². The zero-order valence-electron chi connectivity index (χ0n) is 20.6. The van der Waals surface area contributed by atoms with Gasteiger partial charge in [-0.2, -0.15) is 0 Å². The fourth-order valence-corrected chi connectivity index (χ4v) is 6.70. The first-order chi connectivity index (χ1) is 17.4. The molecule has 0 fully saturated rings. The maximum Gasteiger partial charge on any atom is 0.262 e. The van der Waals surface area contributed by atoms with E-state index in [9.17, 15) is 22.4 Å². The molecular formula is C25H28BrClFN3O4S2. The first kappa shape index (κ1) is 29.5. The van der Waals surface area contributed by atoms with Crippen molar-refractivity contribution in [3.63, 3.8) is 0 Å². The zero-order chi connectivity index (χ0) is 27.3. The number of carbonyl (C=O) groups excluding carboxylic acids is 2. The third-order valence-electron chi connectivity index (χ3n) is 5.56. The number of nitrogens with one attached hydrogen (secondary N) is 2. The largest absolute Gasteiger partial charge is 0.354 e. The van der Waals surface area contributed by atoms with E-state index in [0.717, 1.165) is 37.1 Å². The van der Waals surface area contributed by atoms with Crippen LogP contribution in [0.4, 0.5) is 4.39 Å². The van der Waals surface area contributed by atoms with Crippen molar-refractivity contribution in [2.45, 2.75) is 37.6 Å². The van der Waals surface area contributed by atoms with Crippen molar-refractivity contribution in [3.8, 4) is 0 Å². The van der Waals surface area contributed by atoms with Crippen molar-refractivity contribution in [2.24, 2.45) is 5.92 Å². The van der Waals surface area contributed by atoms with Crippen LogP contribution in [0.5, 0.6) is 0 Å². The molecule has 1 aromatic heterocycles. The fraction of sp³-hybridized carbons (Fsp3) is 0.360. The second kappa shape index (κ2) is 12.7. The van der Waals surface area contributed by atoms with Crippen LogP contribution in [0.15, 0.2) is 51.8 Å². The number of sulfonamides is 1. The normalized spacial score (nSPS) is 12.8. The molecule has 1 heterocycles. The van der Waals surface area contributed by atoms with Gasteiger partial charge in [-0.1, -0.05) is 41.4 Å². The van der Waals surface area contributed by atoms with E-state index in [0.29, 0.717) is 17.7 Å². The zero-order valence-corrected chi connectivity index (χ0v) is 24.5. The SMILES string of the molecule is CC(C)C[C@H](NC(=O)c1cc2cc(Br)ccc2s1)C(=O)NCCCN(C)S(=O)(=O)c1ccc(F)cc1Cl. The van der Waals surface area contributed by atoms with Crippen LogP contribution in [-0.2, 0) is 14.8 Å². The first-order valence-corrected chi connectivity index (χ1v) is 15.0.